The fourth-order valence-corrected chi connectivity index (χ4v) is 2.30. The molecule has 1 aromatic carbocycles. The third kappa shape index (κ3) is 5.43. The third-order valence-corrected chi connectivity index (χ3v) is 3.37. The van der Waals surface area contributed by atoms with Crippen molar-refractivity contribution < 1.29 is 9.00 Å². The summed E-state index contributed by atoms with van der Waals surface area (Å²) in [5.41, 5.74) is 1.21. The maximum absolute atomic E-state index is 12.1. The lowest BCUT2D eigenvalue weighted by Gasteiger charge is -2.14. The topological polar surface area (TPSA) is 34.1 Å². The zero-order valence-corrected chi connectivity index (χ0v) is 13.1. The molecule has 0 fully saturated rings. The van der Waals surface area contributed by atoms with Gasteiger partial charge in [0.15, 0.2) is 5.78 Å². The highest BCUT2D eigenvalue weighted by molar-refractivity contribution is 8.00. The second-order valence-electron chi connectivity index (χ2n) is 6.01. The van der Waals surface area contributed by atoms with Gasteiger partial charge in [-0.3, -0.25) is 9.00 Å². The Labute approximate surface area is 116 Å². The fourth-order valence-electron chi connectivity index (χ4n) is 1.48. The highest BCUT2D eigenvalue weighted by Gasteiger charge is 2.19. The molecule has 19 heavy (non-hydrogen) atoms. The van der Waals surface area contributed by atoms with Crippen molar-refractivity contribution in [2.75, 3.05) is 12.5 Å². The molecule has 0 aliphatic rings. The summed E-state index contributed by atoms with van der Waals surface area (Å²) in [6.07, 6.45) is 4.94. The number of rotatable bonds is 3. The van der Waals surface area contributed by atoms with Crippen molar-refractivity contribution >= 4 is 26.2 Å². The molecule has 0 radical (unpaired) electrons. The normalized spacial score (nSPS) is 13.2. The first-order chi connectivity index (χ1) is 8.59. The summed E-state index contributed by atoms with van der Waals surface area (Å²) in [6.45, 7) is 5.64. The number of ketones is 1. The maximum atomic E-state index is 12.1. The Morgan fingerprint density at radius 1 is 1.11 bits per heavy atom. The van der Waals surface area contributed by atoms with Gasteiger partial charge in [0, 0.05) is 17.9 Å². The van der Waals surface area contributed by atoms with Crippen LogP contribution in [0.25, 0.3) is 5.57 Å². The summed E-state index contributed by atoms with van der Waals surface area (Å²) in [6, 6.07) is 9.58. The zero-order valence-electron chi connectivity index (χ0n) is 12.3. The van der Waals surface area contributed by atoms with Crippen LogP contribution in [0.4, 0.5) is 0 Å². The van der Waals surface area contributed by atoms with E-state index in [-0.39, 0.29) is 5.78 Å². The first-order valence-corrected chi connectivity index (χ1v) is 8.64. The van der Waals surface area contributed by atoms with Crippen molar-refractivity contribution in [3.63, 3.8) is 0 Å². The van der Waals surface area contributed by atoms with Gasteiger partial charge in [-0.25, -0.2) is 0 Å². The van der Waals surface area contributed by atoms with Crippen LogP contribution >= 0.6 is 0 Å². The van der Waals surface area contributed by atoms with Crippen LogP contribution in [-0.2, 0) is 14.3 Å². The summed E-state index contributed by atoms with van der Waals surface area (Å²) in [4.78, 5) is 12.1. The van der Waals surface area contributed by atoms with Gasteiger partial charge in [-0.2, -0.15) is 0 Å². The number of benzene rings is 1. The Balaban J connectivity index is 3.35. The van der Waals surface area contributed by atoms with Crippen LogP contribution < -0.4 is 0 Å². The molecule has 1 rings (SSSR count). The van der Waals surface area contributed by atoms with Gasteiger partial charge in [-0.1, -0.05) is 51.1 Å². The summed E-state index contributed by atoms with van der Waals surface area (Å²) < 4.78 is 12.0. The smallest absolute Gasteiger partial charge is 0.161 e. The van der Waals surface area contributed by atoms with E-state index in [1.807, 2.05) is 51.1 Å². The predicted octanol–water partition coefficient (Wildman–Crippen LogP) is 3.03. The van der Waals surface area contributed by atoms with Crippen molar-refractivity contribution in [3.8, 4) is 0 Å². The second-order valence-corrected chi connectivity index (χ2v) is 8.86. The van der Waals surface area contributed by atoms with Gasteiger partial charge in [0.05, 0.1) is 0 Å². The Morgan fingerprint density at radius 2 is 1.63 bits per heavy atom. The molecule has 0 bridgehead atoms. The molecule has 0 saturated carbocycles. The van der Waals surface area contributed by atoms with Crippen LogP contribution in [0.2, 0.25) is 0 Å². The minimum atomic E-state index is -2.06. The van der Waals surface area contributed by atoms with Gasteiger partial charge < -0.3 is 0 Å². The first-order valence-electron chi connectivity index (χ1n) is 6.20. The van der Waals surface area contributed by atoms with Gasteiger partial charge in [-0.05, 0) is 32.1 Å². The molecule has 0 unspecified atom stereocenters. The van der Waals surface area contributed by atoms with Crippen LogP contribution in [0, 0.1) is 5.41 Å². The number of carbonyl (C=O) groups is 1. The molecule has 0 atom stereocenters. The molecular formula is C16H22O2S. The lowest BCUT2D eigenvalue weighted by atomic mass is 9.89. The molecule has 104 valence electrons. The van der Waals surface area contributed by atoms with Crippen molar-refractivity contribution in [2.45, 2.75) is 20.8 Å². The Hall–Kier alpha value is -1.35. The Kier molecular flexibility index (Phi) is 4.75. The summed E-state index contributed by atoms with van der Waals surface area (Å²) in [5.74, 6) is 0.0336. The fraction of sp³-hybridized carbons (Fsp3) is 0.375. The second kappa shape index (κ2) is 5.74. The lowest BCUT2D eigenvalue weighted by Crippen LogP contribution is -2.18. The van der Waals surface area contributed by atoms with Gasteiger partial charge in [0.25, 0.3) is 0 Å². The highest BCUT2D eigenvalue weighted by atomic mass is 32.2. The van der Waals surface area contributed by atoms with E-state index in [9.17, 15) is 9.00 Å². The van der Waals surface area contributed by atoms with Gasteiger partial charge >= 0.3 is 0 Å². The van der Waals surface area contributed by atoms with Gasteiger partial charge in [-0.15, -0.1) is 0 Å². The van der Waals surface area contributed by atoms with Crippen LogP contribution in [0.15, 0.2) is 36.4 Å². The SMILES string of the molecule is CC(C)(C)C(=O)/C=C(\C=S(C)(C)=O)c1ccccc1. The molecule has 0 amide bonds. The van der Waals surface area contributed by atoms with Crippen LogP contribution in [0.3, 0.4) is 0 Å². The van der Waals surface area contributed by atoms with Crippen LogP contribution in [0.1, 0.15) is 26.3 Å². The lowest BCUT2D eigenvalue weighted by molar-refractivity contribution is -0.121. The monoisotopic (exact) mass is 278 g/mol. The molecule has 0 heterocycles. The standard InChI is InChI=1S/C16H22O2S/c1-16(2,3)15(17)11-14(12-19(4,5)18)13-9-7-6-8-10-13/h6-12H,1-5H3/b14-11+. The molecule has 0 spiro atoms. The zero-order chi connectivity index (χ0) is 14.7. The van der Waals surface area contributed by atoms with Crippen molar-refractivity contribution in [1.82, 2.24) is 0 Å². The molecule has 0 aromatic heterocycles. The molecule has 1 aromatic rings. The van der Waals surface area contributed by atoms with E-state index in [1.165, 1.54) is 0 Å². The average Bonchev–Trinajstić information content (AvgIpc) is 2.26. The molecule has 0 N–H and O–H groups in total. The summed E-state index contributed by atoms with van der Waals surface area (Å²) in [5, 5.41) is 1.69. The van der Waals surface area contributed by atoms with E-state index >= 15 is 0 Å². The maximum Gasteiger partial charge on any atom is 0.161 e. The van der Waals surface area contributed by atoms with E-state index in [4.69, 9.17) is 0 Å². The number of hydrogen-bond donors (Lipinski definition) is 0. The average molecular weight is 278 g/mol. The van der Waals surface area contributed by atoms with Gasteiger partial charge in [0.2, 0.25) is 0 Å². The van der Waals surface area contributed by atoms with Crippen LogP contribution in [-0.4, -0.2) is 27.9 Å². The van der Waals surface area contributed by atoms with Crippen molar-refractivity contribution in [2.24, 2.45) is 5.41 Å². The number of allylic oxidation sites excluding steroid dienone is 2. The minimum Gasteiger partial charge on any atom is -0.294 e. The van der Waals surface area contributed by atoms with E-state index in [2.05, 4.69) is 0 Å². The summed E-state index contributed by atoms with van der Waals surface area (Å²) in [7, 11) is -2.06. The van der Waals surface area contributed by atoms with E-state index < -0.39 is 14.9 Å². The molecule has 0 aliphatic heterocycles. The molecule has 3 heteroatoms. The predicted molar refractivity (Wildman–Crippen MR) is 84.9 cm³/mol. The number of hydrogen-bond acceptors (Lipinski definition) is 2. The van der Waals surface area contributed by atoms with Crippen LogP contribution in [0.5, 0.6) is 0 Å². The Bertz CT molecular complexity index is 587. The number of carbonyl (C=O) groups excluding carboxylic acids is 1. The van der Waals surface area contributed by atoms with E-state index in [0.29, 0.717) is 0 Å². The van der Waals surface area contributed by atoms with Gasteiger partial charge in [0.1, 0.15) is 0 Å². The largest absolute Gasteiger partial charge is 0.294 e. The molecule has 2 nitrogen and oxygen atoms in total. The van der Waals surface area contributed by atoms with Crippen molar-refractivity contribution in [1.29, 1.82) is 0 Å². The van der Waals surface area contributed by atoms with Crippen molar-refractivity contribution in [3.05, 3.63) is 42.0 Å². The minimum absolute atomic E-state index is 0.0336. The molecular weight excluding hydrogens is 256 g/mol. The highest BCUT2D eigenvalue weighted by Crippen LogP contribution is 2.20. The molecule has 0 aliphatic carbocycles. The van der Waals surface area contributed by atoms with E-state index in [1.54, 1.807) is 24.0 Å². The van der Waals surface area contributed by atoms with E-state index in [0.717, 1.165) is 11.1 Å². The first kappa shape index (κ1) is 15.7. The Morgan fingerprint density at radius 3 is 2.05 bits per heavy atom. The third-order valence-electron chi connectivity index (χ3n) is 2.54. The summed E-state index contributed by atoms with van der Waals surface area (Å²) >= 11 is 0. The quantitative estimate of drug-likeness (QED) is 0.629. The molecule has 0 saturated heterocycles.